The predicted octanol–water partition coefficient (Wildman–Crippen LogP) is 1.93. The van der Waals surface area contributed by atoms with Crippen molar-refractivity contribution >= 4 is 12.0 Å². The first-order chi connectivity index (χ1) is 7.63. The first-order valence-electron chi connectivity index (χ1n) is 5.23. The van der Waals surface area contributed by atoms with Gasteiger partial charge < -0.3 is 9.84 Å². The highest BCUT2D eigenvalue weighted by atomic mass is 16.5. The molecule has 3 nitrogen and oxygen atoms in total. The normalized spacial score (nSPS) is 12.7. The molecule has 1 N–H and O–H groups in total. The third-order valence-corrected chi connectivity index (χ3v) is 2.08. The van der Waals surface area contributed by atoms with Crippen LogP contribution >= 0.6 is 0 Å². The number of aliphatic hydroxyl groups excluding tert-OH is 1. The molecule has 3 heteroatoms. The molecule has 1 aromatic carbocycles. The molecule has 86 valence electrons. The largest absolute Gasteiger partial charge is 0.464 e. The standard InChI is InChI=1S/C13H16O3/c1-3-16-13(15)12(14)9-8-11-6-4-10(2)5-7-11/h4-9,12,14H,3H2,1-2H3. The highest BCUT2D eigenvalue weighted by Crippen LogP contribution is 2.06. The number of carbonyl (C=O) groups excluding carboxylic acids is 1. The van der Waals surface area contributed by atoms with Crippen molar-refractivity contribution in [3.05, 3.63) is 41.5 Å². The van der Waals surface area contributed by atoms with E-state index in [-0.39, 0.29) is 6.61 Å². The van der Waals surface area contributed by atoms with Crippen molar-refractivity contribution in [1.29, 1.82) is 0 Å². The number of aryl methyl sites for hydroxylation is 1. The fraction of sp³-hybridized carbons (Fsp3) is 0.308. The number of aliphatic hydroxyl groups is 1. The summed E-state index contributed by atoms with van der Waals surface area (Å²) in [6.07, 6.45) is 1.92. The van der Waals surface area contributed by atoms with Crippen LogP contribution in [0.15, 0.2) is 30.3 Å². The molecule has 1 atom stereocenters. The van der Waals surface area contributed by atoms with Crippen LogP contribution in [-0.2, 0) is 9.53 Å². The van der Waals surface area contributed by atoms with Gasteiger partial charge in [-0.15, -0.1) is 0 Å². The Bertz CT molecular complexity index is 365. The number of hydrogen-bond acceptors (Lipinski definition) is 3. The molecule has 1 aromatic rings. The molecule has 0 spiro atoms. The van der Waals surface area contributed by atoms with Gasteiger partial charge in [-0.05, 0) is 25.5 Å². The number of ether oxygens (including phenoxy) is 1. The zero-order chi connectivity index (χ0) is 12.0. The van der Waals surface area contributed by atoms with E-state index < -0.39 is 12.1 Å². The maximum Gasteiger partial charge on any atom is 0.339 e. The molecule has 0 saturated heterocycles. The molecule has 0 aromatic heterocycles. The highest BCUT2D eigenvalue weighted by molar-refractivity contribution is 5.77. The summed E-state index contributed by atoms with van der Waals surface area (Å²) in [5.41, 5.74) is 2.11. The fourth-order valence-corrected chi connectivity index (χ4v) is 1.19. The summed E-state index contributed by atoms with van der Waals surface area (Å²) in [7, 11) is 0. The lowest BCUT2D eigenvalue weighted by atomic mass is 10.1. The summed E-state index contributed by atoms with van der Waals surface area (Å²) >= 11 is 0. The van der Waals surface area contributed by atoms with Crippen LogP contribution in [-0.4, -0.2) is 23.8 Å². The van der Waals surface area contributed by atoms with Gasteiger partial charge in [0.2, 0.25) is 0 Å². The van der Waals surface area contributed by atoms with E-state index in [4.69, 9.17) is 0 Å². The van der Waals surface area contributed by atoms with Gasteiger partial charge in [-0.2, -0.15) is 0 Å². The van der Waals surface area contributed by atoms with Crippen LogP contribution in [0, 0.1) is 6.92 Å². The number of carbonyl (C=O) groups is 1. The van der Waals surface area contributed by atoms with Gasteiger partial charge in [-0.3, -0.25) is 0 Å². The van der Waals surface area contributed by atoms with Crippen LogP contribution in [0.4, 0.5) is 0 Å². The van der Waals surface area contributed by atoms with Crippen molar-refractivity contribution < 1.29 is 14.6 Å². The Morgan fingerprint density at radius 3 is 2.62 bits per heavy atom. The Balaban J connectivity index is 2.59. The van der Waals surface area contributed by atoms with Crippen LogP contribution in [0.1, 0.15) is 18.1 Å². The molecule has 0 heterocycles. The number of rotatable bonds is 4. The molecule has 0 fully saturated rings. The van der Waals surface area contributed by atoms with Gasteiger partial charge >= 0.3 is 5.97 Å². The molecule has 0 aliphatic carbocycles. The van der Waals surface area contributed by atoms with Gasteiger partial charge in [0.1, 0.15) is 0 Å². The average Bonchev–Trinajstić information content (AvgIpc) is 2.28. The van der Waals surface area contributed by atoms with Crippen molar-refractivity contribution in [2.24, 2.45) is 0 Å². The first-order valence-corrected chi connectivity index (χ1v) is 5.23. The third kappa shape index (κ3) is 3.87. The van der Waals surface area contributed by atoms with Crippen molar-refractivity contribution in [3.8, 4) is 0 Å². The van der Waals surface area contributed by atoms with E-state index in [1.54, 1.807) is 13.0 Å². The van der Waals surface area contributed by atoms with E-state index in [0.29, 0.717) is 0 Å². The Hall–Kier alpha value is -1.61. The van der Waals surface area contributed by atoms with Crippen molar-refractivity contribution in [2.45, 2.75) is 20.0 Å². The summed E-state index contributed by atoms with van der Waals surface area (Å²) in [4.78, 5) is 11.1. The minimum Gasteiger partial charge on any atom is -0.464 e. The molecular weight excluding hydrogens is 204 g/mol. The van der Waals surface area contributed by atoms with Gasteiger partial charge in [0.25, 0.3) is 0 Å². The highest BCUT2D eigenvalue weighted by Gasteiger charge is 2.11. The van der Waals surface area contributed by atoms with Crippen molar-refractivity contribution in [2.75, 3.05) is 6.61 Å². The van der Waals surface area contributed by atoms with Crippen molar-refractivity contribution in [3.63, 3.8) is 0 Å². The lowest BCUT2D eigenvalue weighted by molar-refractivity contribution is -0.150. The summed E-state index contributed by atoms with van der Waals surface area (Å²) in [5.74, 6) is -0.620. The maximum atomic E-state index is 11.1. The van der Waals surface area contributed by atoms with Gasteiger partial charge in [0.15, 0.2) is 6.10 Å². The molecule has 1 unspecified atom stereocenters. The Labute approximate surface area is 95.4 Å². The van der Waals surface area contributed by atoms with E-state index in [1.807, 2.05) is 31.2 Å². The molecule has 0 aliphatic rings. The zero-order valence-corrected chi connectivity index (χ0v) is 9.51. The second-order valence-corrected chi connectivity index (χ2v) is 3.47. The van der Waals surface area contributed by atoms with E-state index in [1.165, 1.54) is 11.6 Å². The van der Waals surface area contributed by atoms with Gasteiger partial charge in [-0.25, -0.2) is 4.79 Å². The monoisotopic (exact) mass is 220 g/mol. The van der Waals surface area contributed by atoms with E-state index >= 15 is 0 Å². The quantitative estimate of drug-likeness (QED) is 0.789. The summed E-state index contributed by atoms with van der Waals surface area (Å²) in [6, 6.07) is 7.78. The maximum absolute atomic E-state index is 11.1. The summed E-state index contributed by atoms with van der Waals surface area (Å²) in [6.45, 7) is 3.98. The molecule has 0 aliphatic heterocycles. The molecule has 0 amide bonds. The fourth-order valence-electron chi connectivity index (χ4n) is 1.19. The van der Waals surface area contributed by atoms with E-state index in [2.05, 4.69) is 4.74 Å². The van der Waals surface area contributed by atoms with Gasteiger partial charge in [-0.1, -0.05) is 35.9 Å². The molecule has 0 bridgehead atoms. The van der Waals surface area contributed by atoms with Crippen molar-refractivity contribution in [1.82, 2.24) is 0 Å². The molecule has 1 rings (SSSR count). The van der Waals surface area contributed by atoms with Gasteiger partial charge in [0, 0.05) is 0 Å². The average molecular weight is 220 g/mol. The summed E-state index contributed by atoms with van der Waals surface area (Å²) < 4.78 is 4.67. The van der Waals surface area contributed by atoms with Crippen LogP contribution in [0.5, 0.6) is 0 Å². The molecule has 0 saturated carbocycles. The Morgan fingerprint density at radius 2 is 2.06 bits per heavy atom. The lowest BCUT2D eigenvalue weighted by Gasteiger charge is -2.04. The van der Waals surface area contributed by atoms with Crippen LogP contribution in [0.3, 0.4) is 0 Å². The third-order valence-electron chi connectivity index (χ3n) is 2.08. The second-order valence-electron chi connectivity index (χ2n) is 3.47. The number of esters is 1. The topological polar surface area (TPSA) is 46.5 Å². The van der Waals surface area contributed by atoms with Crippen LogP contribution in [0.2, 0.25) is 0 Å². The minimum atomic E-state index is -1.19. The zero-order valence-electron chi connectivity index (χ0n) is 9.51. The van der Waals surface area contributed by atoms with E-state index in [9.17, 15) is 9.90 Å². The molecule has 16 heavy (non-hydrogen) atoms. The van der Waals surface area contributed by atoms with Crippen LogP contribution < -0.4 is 0 Å². The van der Waals surface area contributed by atoms with Gasteiger partial charge in [0.05, 0.1) is 6.61 Å². The first kappa shape index (κ1) is 12.5. The summed E-state index contributed by atoms with van der Waals surface area (Å²) in [5, 5.41) is 9.40. The SMILES string of the molecule is CCOC(=O)C(O)C=Cc1ccc(C)cc1. The Morgan fingerprint density at radius 1 is 1.44 bits per heavy atom. The van der Waals surface area contributed by atoms with Crippen LogP contribution in [0.25, 0.3) is 6.08 Å². The second kappa shape index (κ2) is 6.08. The van der Waals surface area contributed by atoms with E-state index in [0.717, 1.165) is 5.56 Å². The Kier molecular flexibility index (Phi) is 4.73. The predicted molar refractivity (Wildman–Crippen MR) is 62.9 cm³/mol. The lowest BCUT2D eigenvalue weighted by Crippen LogP contribution is -2.20. The molecule has 0 radical (unpaired) electrons. The smallest absolute Gasteiger partial charge is 0.339 e. The minimum absolute atomic E-state index is 0.272. The molecular formula is C13H16O3. The number of hydrogen-bond donors (Lipinski definition) is 1. The number of benzene rings is 1.